The van der Waals surface area contributed by atoms with Crippen LogP contribution in [0.3, 0.4) is 0 Å². The minimum atomic E-state index is -0.513. The van der Waals surface area contributed by atoms with Crippen LogP contribution < -0.4 is 4.74 Å². The number of benzene rings is 2. The first-order chi connectivity index (χ1) is 17.1. The molecule has 2 aliphatic rings. The first-order valence-electron chi connectivity index (χ1n) is 12.5. The fourth-order valence-electron chi connectivity index (χ4n) is 4.85. The van der Waals surface area contributed by atoms with Gasteiger partial charge in [0.15, 0.2) is 0 Å². The number of halogens is 2. The Morgan fingerprint density at radius 1 is 1.00 bits per heavy atom. The molecule has 6 nitrogen and oxygen atoms in total. The molecule has 0 spiro atoms. The molecule has 1 atom stereocenters. The Labute approximate surface area is 223 Å². The lowest BCUT2D eigenvalue weighted by molar-refractivity contribution is -0.133. The van der Waals surface area contributed by atoms with E-state index in [4.69, 9.17) is 32.7 Å². The second kappa shape index (κ2) is 11.3. The zero-order chi connectivity index (χ0) is 25.9. The van der Waals surface area contributed by atoms with Gasteiger partial charge in [0.2, 0.25) is 5.91 Å². The molecule has 36 heavy (non-hydrogen) atoms. The second-order valence-electron chi connectivity index (χ2n) is 10.6. The van der Waals surface area contributed by atoms with Crippen LogP contribution >= 0.6 is 23.2 Å². The number of carbonyl (C=O) groups excluding carboxylic acids is 2. The summed E-state index contributed by atoms with van der Waals surface area (Å²) in [6.07, 6.45) is 2.50. The summed E-state index contributed by atoms with van der Waals surface area (Å²) >= 11 is 13.2. The van der Waals surface area contributed by atoms with Crippen molar-refractivity contribution < 1.29 is 19.1 Å². The van der Waals surface area contributed by atoms with Crippen molar-refractivity contribution >= 4 is 35.2 Å². The van der Waals surface area contributed by atoms with Crippen LogP contribution in [-0.4, -0.2) is 53.1 Å². The second-order valence-corrected chi connectivity index (χ2v) is 11.4. The average Bonchev–Trinajstić information content (AvgIpc) is 3.19. The van der Waals surface area contributed by atoms with Gasteiger partial charge >= 0.3 is 6.09 Å². The van der Waals surface area contributed by atoms with Gasteiger partial charge in [0.05, 0.1) is 0 Å². The van der Waals surface area contributed by atoms with Crippen LogP contribution in [0, 0.1) is 5.92 Å². The van der Waals surface area contributed by atoms with Gasteiger partial charge in [-0.1, -0.05) is 53.5 Å². The molecule has 0 saturated carbocycles. The first-order valence-corrected chi connectivity index (χ1v) is 13.3. The predicted molar refractivity (Wildman–Crippen MR) is 142 cm³/mol. The van der Waals surface area contributed by atoms with Crippen molar-refractivity contribution in [2.24, 2.45) is 5.92 Å². The zero-order valence-corrected chi connectivity index (χ0v) is 22.6. The average molecular weight is 533 g/mol. The Bertz CT molecular complexity index is 1060. The number of carbonyl (C=O) groups is 2. The van der Waals surface area contributed by atoms with Gasteiger partial charge < -0.3 is 19.3 Å². The number of rotatable bonds is 6. The van der Waals surface area contributed by atoms with Gasteiger partial charge in [0, 0.05) is 41.6 Å². The van der Waals surface area contributed by atoms with E-state index in [0.29, 0.717) is 48.5 Å². The van der Waals surface area contributed by atoms with Gasteiger partial charge in [-0.15, -0.1) is 0 Å². The Morgan fingerprint density at radius 2 is 1.64 bits per heavy atom. The Hall–Kier alpha value is -2.44. The molecule has 0 aliphatic carbocycles. The Morgan fingerprint density at radius 3 is 2.25 bits per heavy atom. The molecular formula is C28H34Cl2N2O4. The van der Waals surface area contributed by atoms with Gasteiger partial charge in [0.25, 0.3) is 0 Å². The van der Waals surface area contributed by atoms with Gasteiger partial charge in [-0.25, -0.2) is 4.79 Å². The summed E-state index contributed by atoms with van der Waals surface area (Å²) in [5.74, 6) is 0.593. The highest BCUT2D eigenvalue weighted by Crippen LogP contribution is 2.35. The van der Waals surface area contributed by atoms with Crippen LogP contribution in [0.4, 0.5) is 4.79 Å². The van der Waals surface area contributed by atoms with E-state index < -0.39 is 5.60 Å². The number of hydrogen-bond acceptors (Lipinski definition) is 4. The van der Waals surface area contributed by atoms with Crippen LogP contribution in [-0.2, 0) is 22.6 Å². The monoisotopic (exact) mass is 532 g/mol. The highest BCUT2D eigenvalue weighted by Gasteiger charge is 2.38. The first kappa shape index (κ1) is 26.6. The van der Waals surface area contributed by atoms with Gasteiger partial charge in [-0.3, -0.25) is 4.79 Å². The van der Waals surface area contributed by atoms with Crippen molar-refractivity contribution in [3.63, 3.8) is 0 Å². The molecule has 2 fully saturated rings. The Kier molecular flexibility index (Phi) is 8.36. The fourth-order valence-corrected chi connectivity index (χ4v) is 5.47. The largest absolute Gasteiger partial charge is 0.489 e. The number of ether oxygens (including phenoxy) is 2. The fraction of sp³-hybridized carbons (Fsp3) is 0.500. The lowest BCUT2D eigenvalue weighted by Crippen LogP contribution is -2.48. The van der Waals surface area contributed by atoms with E-state index in [1.165, 1.54) is 0 Å². The van der Waals surface area contributed by atoms with E-state index in [9.17, 15) is 9.59 Å². The van der Waals surface area contributed by atoms with Crippen LogP contribution in [0.15, 0.2) is 42.5 Å². The molecule has 2 aromatic rings. The molecule has 0 aromatic heterocycles. The minimum Gasteiger partial charge on any atom is -0.489 e. The minimum absolute atomic E-state index is 0.140. The molecule has 0 N–H and O–H groups in total. The maximum Gasteiger partial charge on any atom is 0.410 e. The number of amides is 2. The number of likely N-dealkylation sites (tertiary alicyclic amines) is 2. The third-order valence-electron chi connectivity index (χ3n) is 6.72. The van der Waals surface area contributed by atoms with E-state index in [1.54, 1.807) is 17.0 Å². The summed E-state index contributed by atoms with van der Waals surface area (Å²) in [5.41, 5.74) is 1.33. The topological polar surface area (TPSA) is 59.1 Å². The molecule has 0 bridgehead atoms. The standard InChI is InChI=1S/C28H34Cl2N2O4/c1-28(2,3)36-27(34)31-12-10-21(11-13-31)32-14-9-20(26(32)33)15-23-24(29)16-22(17-25(23)30)35-18-19-7-5-4-6-8-19/h4-8,16-17,20-21H,9-15,18H2,1-3H3/t20-/m0/s1. The van der Waals surface area contributed by atoms with E-state index in [2.05, 4.69) is 0 Å². The molecule has 0 unspecified atom stereocenters. The SMILES string of the molecule is CC(C)(C)OC(=O)N1CCC(N2CC[C@@H](Cc3c(Cl)cc(OCc4ccccc4)cc3Cl)C2=O)CC1. The van der Waals surface area contributed by atoms with E-state index in [0.717, 1.165) is 30.4 Å². The molecule has 2 amide bonds. The highest BCUT2D eigenvalue weighted by atomic mass is 35.5. The van der Waals surface area contributed by atoms with Gasteiger partial charge in [-0.2, -0.15) is 0 Å². The molecule has 0 radical (unpaired) electrons. The van der Waals surface area contributed by atoms with Crippen LogP contribution in [0.5, 0.6) is 5.75 Å². The molecular weight excluding hydrogens is 499 g/mol. The third-order valence-corrected chi connectivity index (χ3v) is 7.40. The smallest absolute Gasteiger partial charge is 0.410 e. The molecule has 2 heterocycles. The maximum absolute atomic E-state index is 13.3. The summed E-state index contributed by atoms with van der Waals surface area (Å²) in [6.45, 7) is 7.93. The predicted octanol–water partition coefficient (Wildman–Crippen LogP) is 6.36. The van der Waals surface area contributed by atoms with E-state index in [-0.39, 0.29) is 24.0 Å². The molecule has 2 saturated heterocycles. The lowest BCUT2D eigenvalue weighted by atomic mass is 9.97. The highest BCUT2D eigenvalue weighted by molar-refractivity contribution is 6.36. The summed E-state index contributed by atoms with van der Waals surface area (Å²) in [4.78, 5) is 29.3. The lowest BCUT2D eigenvalue weighted by Gasteiger charge is -2.37. The van der Waals surface area contributed by atoms with E-state index >= 15 is 0 Å². The summed E-state index contributed by atoms with van der Waals surface area (Å²) in [6, 6.07) is 13.6. The molecule has 4 rings (SSSR count). The number of hydrogen-bond donors (Lipinski definition) is 0. The molecule has 2 aromatic carbocycles. The van der Waals surface area contributed by atoms with Crippen LogP contribution in [0.25, 0.3) is 0 Å². The summed E-state index contributed by atoms with van der Waals surface area (Å²) in [7, 11) is 0. The molecule has 2 aliphatic heterocycles. The quantitative estimate of drug-likeness (QED) is 0.434. The van der Waals surface area contributed by atoms with Crippen molar-refractivity contribution in [2.45, 2.75) is 64.7 Å². The van der Waals surface area contributed by atoms with E-state index in [1.807, 2.05) is 56.0 Å². The van der Waals surface area contributed by atoms with Gasteiger partial charge in [0.1, 0.15) is 18.0 Å². The summed E-state index contributed by atoms with van der Waals surface area (Å²) in [5, 5.41) is 1.03. The normalized spacial score (nSPS) is 19.0. The molecule has 194 valence electrons. The van der Waals surface area contributed by atoms with Crippen LogP contribution in [0.1, 0.15) is 51.2 Å². The van der Waals surface area contributed by atoms with Crippen LogP contribution in [0.2, 0.25) is 10.0 Å². The van der Waals surface area contributed by atoms with Crippen molar-refractivity contribution in [3.8, 4) is 5.75 Å². The zero-order valence-electron chi connectivity index (χ0n) is 21.1. The van der Waals surface area contributed by atoms with Crippen molar-refractivity contribution in [1.82, 2.24) is 9.80 Å². The maximum atomic E-state index is 13.3. The van der Waals surface area contributed by atoms with Crippen molar-refractivity contribution in [2.75, 3.05) is 19.6 Å². The summed E-state index contributed by atoms with van der Waals surface area (Å²) < 4.78 is 11.4. The number of nitrogens with zero attached hydrogens (tertiary/aromatic N) is 2. The third kappa shape index (κ3) is 6.65. The van der Waals surface area contributed by atoms with Gasteiger partial charge in [-0.05, 0) is 69.7 Å². The van der Waals surface area contributed by atoms with Crippen molar-refractivity contribution in [3.05, 3.63) is 63.6 Å². The molecule has 8 heteroatoms. The number of piperidine rings is 1. The van der Waals surface area contributed by atoms with Crippen molar-refractivity contribution in [1.29, 1.82) is 0 Å². The Balaban J connectivity index is 1.32.